The Hall–Kier alpha value is -2.92. The Morgan fingerprint density at radius 3 is 2.69 bits per heavy atom. The zero-order valence-corrected chi connectivity index (χ0v) is 21.0. The summed E-state index contributed by atoms with van der Waals surface area (Å²) in [5.41, 5.74) is 5.10. The Bertz CT molecular complexity index is 1270. The molecule has 0 saturated heterocycles. The Kier molecular flexibility index (Phi) is 6.54. The summed E-state index contributed by atoms with van der Waals surface area (Å²) in [6.45, 7) is 4.89. The molecule has 3 aromatic rings. The summed E-state index contributed by atoms with van der Waals surface area (Å²) in [6, 6.07) is 14.8. The topological polar surface area (TPSA) is 46.5 Å². The van der Waals surface area contributed by atoms with Crippen LogP contribution in [0.25, 0.3) is 16.0 Å². The van der Waals surface area contributed by atoms with Gasteiger partial charge >= 0.3 is 5.97 Å². The first kappa shape index (κ1) is 23.8. The maximum absolute atomic E-state index is 14.8. The number of hydrogen-bond acceptors (Lipinski definition) is 3. The maximum Gasteiger partial charge on any atom is 0.303 e. The highest BCUT2D eigenvalue weighted by molar-refractivity contribution is 7.14. The van der Waals surface area contributed by atoms with Crippen LogP contribution in [-0.2, 0) is 11.4 Å². The lowest BCUT2D eigenvalue weighted by Crippen LogP contribution is -2.11. The van der Waals surface area contributed by atoms with Crippen LogP contribution in [0.3, 0.4) is 0 Å². The fourth-order valence-corrected chi connectivity index (χ4v) is 6.40. The molecular weight excluding hydrogens is 459 g/mol. The van der Waals surface area contributed by atoms with Crippen molar-refractivity contribution in [1.29, 1.82) is 0 Å². The van der Waals surface area contributed by atoms with E-state index in [0.717, 1.165) is 53.0 Å². The number of rotatable bonds is 9. The number of carbonyl (C=O) groups is 1. The van der Waals surface area contributed by atoms with Gasteiger partial charge in [0, 0.05) is 21.6 Å². The van der Waals surface area contributed by atoms with Crippen molar-refractivity contribution in [1.82, 2.24) is 0 Å². The van der Waals surface area contributed by atoms with E-state index >= 15 is 0 Å². The van der Waals surface area contributed by atoms with E-state index in [4.69, 9.17) is 4.74 Å². The van der Waals surface area contributed by atoms with E-state index in [0.29, 0.717) is 18.1 Å². The average molecular weight is 491 g/mol. The molecule has 1 heterocycles. The van der Waals surface area contributed by atoms with Crippen LogP contribution in [0, 0.1) is 17.2 Å². The third-order valence-corrected chi connectivity index (χ3v) is 8.43. The molecule has 182 valence electrons. The molecule has 5 heteroatoms. The van der Waals surface area contributed by atoms with Crippen LogP contribution in [0.4, 0.5) is 4.39 Å². The van der Waals surface area contributed by atoms with Crippen LogP contribution in [0.15, 0.2) is 60.0 Å². The van der Waals surface area contributed by atoms with Crippen molar-refractivity contribution in [3.63, 3.8) is 0 Å². The highest BCUT2D eigenvalue weighted by Crippen LogP contribution is 2.50. The van der Waals surface area contributed by atoms with Crippen LogP contribution in [-0.4, -0.2) is 11.1 Å². The standard InChI is InChI=1S/C30H31FO3S/c1-30(2)14-6-10-25(30)28-21(18-35-29(28)23-9-3-4-11-26(23)31)17-34-22-8-5-7-20(15-22)24(16-27(32)33)19-12-13-19/h3-5,7-11,15,18-19,24H,6,12-14,16-17H2,1-2H3,(H,32,33)/t24-/m0/s1. The van der Waals surface area contributed by atoms with Crippen LogP contribution in [0.5, 0.6) is 5.75 Å². The van der Waals surface area contributed by atoms with E-state index in [9.17, 15) is 14.3 Å². The molecule has 2 aromatic carbocycles. The van der Waals surface area contributed by atoms with Crippen molar-refractivity contribution in [2.24, 2.45) is 11.3 Å². The van der Waals surface area contributed by atoms with Crippen LogP contribution in [0.1, 0.15) is 68.6 Å². The zero-order valence-electron chi connectivity index (χ0n) is 20.2. The van der Waals surface area contributed by atoms with Gasteiger partial charge < -0.3 is 9.84 Å². The lowest BCUT2D eigenvalue weighted by molar-refractivity contribution is -0.137. The molecule has 1 fully saturated rings. The minimum absolute atomic E-state index is 0.0179. The number of carboxylic acid groups (broad SMARTS) is 1. The molecule has 1 atom stereocenters. The van der Waals surface area contributed by atoms with Crippen molar-refractivity contribution in [2.45, 2.75) is 58.5 Å². The highest BCUT2D eigenvalue weighted by Gasteiger charge is 2.34. The molecule has 3 nitrogen and oxygen atoms in total. The molecule has 1 saturated carbocycles. The SMILES string of the molecule is CC1(C)CCC=C1c1c(COc2cccc([C@@H](CC(=O)O)C3CC3)c2)csc1-c1ccccc1F. The molecule has 1 N–H and O–H groups in total. The molecule has 0 aliphatic heterocycles. The molecule has 1 aromatic heterocycles. The molecule has 0 amide bonds. The van der Waals surface area contributed by atoms with E-state index in [-0.39, 0.29) is 23.6 Å². The van der Waals surface area contributed by atoms with Gasteiger partial charge in [-0.05, 0) is 77.6 Å². The van der Waals surface area contributed by atoms with E-state index in [1.54, 1.807) is 17.4 Å². The molecular formula is C30H31FO3S. The second-order valence-electron chi connectivity index (χ2n) is 10.4. The van der Waals surface area contributed by atoms with E-state index in [1.807, 2.05) is 36.4 Å². The molecule has 5 rings (SSSR count). The van der Waals surface area contributed by atoms with Gasteiger partial charge in [-0.1, -0.05) is 50.3 Å². The molecule has 0 unspecified atom stereocenters. The van der Waals surface area contributed by atoms with Crippen molar-refractivity contribution in [3.8, 4) is 16.2 Å². The van der Waals surface area contributed by atoms with Crippen molar-refractivity contribution < 1.29 is 19.0 Å². The predicted octanol–water partition coefficient (Wildman–Crippen LogP) is 8.30. The number of aliphatic carboxylic acids is 1. The summed E-state index contributed by atoms with van der Waals surface area (Å²) in [7, 11) is 0. The van der Waals surface area contributed by atoms with E-state index in [2.05, 4.69) is 25.3 Å². The number of benzene rings is 2. The van der Waals surface area contributed by atoms with Gasteiger partial charge in [0.05, 0.1) is 6.42 Å². The van der Waals surface area contributed by atoms with Gasteiger partial charge in [0.25, 0.3) is 0 Å². The number of hydrogen-bond donors (Lipinski definition) is 1. The van der Waals surface area contributed by atoms with Crippen molar-refractivity contribution >= 4 is 22.9 Å². The first-order valence-electron chi connectivity index (χ1n) is 12.3. The first-order valence-corrected chi connectivity index (χ1v) is 13.2. The number of allylic oxidation sites excluding steroid dienone is 2. The monoisotopic (exact) mass is 490 g/mol. The maximum atomic E-state index is 14.8. The number of thiophene rings is 1. The van der Waals surface area contributed by atoms with E-state index < -0.39 is 5.97 Å². The quantitative estimate of drug-likeness (QED) is 0.328. The Balaban J connectivity index is 1.45. The second-order valence-corrected chi connectivity index (χ2v) is 11.3. The minimum Gasteiger partial charge on any atom is -0.489 e. The summed E-state index contributed by atoms with van der Waals surface area (Å²) in [5, 5.41) is 11.5. The highest BCUT2D eigenvalue weighted by atomic mass is 32.1. The summed E-state index contributed by atoms with van der Waals surface area (Å²) in [6.07, 6.45) is 6.71. The van der Waals surface area contributed by atoms with Crippen molar-refractivity contribution in [2.75, 3.05) is 0 Å². The molecule has 35 heavy (non-hydrogen) atoms. The molecule has 0 bridgehead atoms. The lowest BCUT2D eigenvalue weighted by atomic mass is 9.80. The van der Waals surface area contributed by atoms with Gasteiger partial charge in [0.2, 0.25) is 0 Å². The first-order chi connectivity index (χ1) is 16.8. The largest absolute Gasteiger partial charge is 0.489 e. The van der Waals surface area contributed by atoms with Gasteiger partial charge in [-0.15, -0.1) is 11.3 Å². The van der Waals surface area contributed by atoms with Gasteiger partial charge in [0.1, 0.15) is 18.2 Å². The van der Waals surface area contributed by atoms with Gasteiger partial charge in [-0.3, -0.25) is 4.79 Å². The lowest BCUT2D eigenvalue weighted by Gasteiger charge is -2.24. The fourth-order valence-electron chi connectivity index (χ4n) is 5.31. The van der Waals surface area contributed by atoms with Crippen LogP contribution in [0.2, 0.25) is 0 Å². The molecule has 2 aliphatic carbocycles. The third kappa shape index (κ3) is 5.06. The van der Waals surface area contributed by atoms with Gasteiger partial charge in [-0.25, -0.2) is 4.39 Å². The number of ether oxygens (including phenoxy) is 1. The van der Waals surface area contributed by atoms with Crippen LogP contribution < -0.4 is 4.74 Å². The van der Waals surface area contributed by atoms with Gasteiger partial charge in [-0.2, -0.15) is 0 Å². The Labute approximate surface area is 210 Å². The normalized spacial score (nSPS) is 17.7. The van der Waals surface area contributed by atoms with Crippen molar-refractivity contribution in [3.05, 3.63) is 82.5 Å². The summed E-state index contributed by atoms with van der Waals surface area (Å²) >= 11 is 1.57. The summed E-state index contributed by atoms with van der Waals surface area (Å²) in [5.74, 6) is 0.248. The van der Waals surface area contributed by atoms with Crippen LogP contribution >= 0.6 is 11.3 Å². The second kappa shape index (κ2) is 9.62. The number of halogens is 1. The zero-order chi connectivity index (χ0) is 24.6. The summed E-state index contributed by atoms with van der Waals surface area (Å²) in [4.78, 5) is 12.4. The Morgan fingerprint density at radius 1 is 1.20 bits per heavy atom. The minimum atomic E-state index is -0.760. The molecule has 2 aliphatic rings. The number of carboxylic acids is 1. The molecule has 0 radical (unpaired) electrons. The smallest absolute Gasteiger partial charge is 0.303 e. The predicted molar refractivity (Wildman–Crippen MR) is 139 cm³/mol. The summed E-state index contributed by atoms with van der Waals surface area (Å²) < 4.78 is 21.1. The Morgan fingerprint density at radius 2 is 2.00 bits per heavy atom. The fraction of sp³-hybridized carbons (Fsp3) is 0.367. The van der Waals surface area contributed by atoms with Gasteiger partial charge in [0.15, 0.2) is 0 Å². The van der Waals surface area contributed by atoms with E-state index in [1.165, 1.54) is 11.6 Å². The third-order valence-electron chi connectivity index (χ3n) is 7.37. The molecule has 0 spiro atoms. The average Bonchev–Trinajstić information content (AvgIpc) is 3.50.